The number of piperazine rings is 1. The van der Waals surface area contributed by atoms with Crippen LogP contribution in [0.15, 0.2) is 41.3 Å². The lowest BCUT2D eigenvalue weighted by Gasteiger charge is -2.30. The number of fused-ring (bicyclic) bond motifs is 3. The van der Waals surface area contributed by atoms with E-state index in [9.17, 15) is 4.79 Å². The summed E-state index contributed by atoms with van der Waals surface area (Å²) in [5.41, 5.74) is 1.73. The standard InChI is InChI=1S/C16H16N4O/c21-16-12-4-2-1-3-11(12)14-13(5-6-18-15(14)19-16)20-9-7-17-8-10-20/h1-6,17H,7-10H2,(H,18,19,21). The van der Waals surface area contributed by atoms with Gasteiger partial charge in [0.1, 0.15) is 5.65 Å². The Bertz CT molecular complexity index is 865. The van der Waals surface area contributed by atoms with Gasteiger partial charge >= 0.3 is 0 Å². The summed E-state index contributed by atoms with van der Waals surface area (Å²) in [6, 6.07) is 9.76. The molecule has 1 fully saturated rings. The van der Waals surface area contributed by atoms with Crippen molar-refractivity contribution < 1.29 is 0 Å². The van der Waals surface area contributed by atoms with E-state index >= 15 is 0 Å². The van der Waals surface area contributed by atoms with Crippen LogP contribution < -0.4 is 15.8 Å². The zero-order chi connectivity index (χ0) is 14.2. The van der Waals surface area contributed by atoms with E-state index in [-0.39, 0.29) is 5.56 Å². The van der Waals surface area contributed by atoms with E-state index < -0.39 is 0 Å². The first kappa shape index (κ1) is 12.3. The topological polar surface area (TPSA) is 61.0 Å². The van der Waals surface area contributed by atoms with Crippen molar-refractivity contribution in [2.75, 3.05) is 31.1 Å². The van der Waals surface area contributed by atoms with Gasteiger partial charge in [0.2, 0.25) is 0 Å². The Kier molecular flexibility index (Phi) is 2.86. The van der Waals surface area contributed by atoms with Crippen molar-refractivity contribution in [2.24, 2.45) is 0 Å². The number of aromatic nitrogens is 2. The van der Waals surface area contributed by atoms with E-state index in [1.807, 2.05) is 30.3 Å². The van der Waals surface area contributed by atoms with E-state index in [2.05, 4.69) is 20.2 Å². The van der Waals surface area contributed by atoms with Crippen molar-refractivity contribution >= 4 is 27.5 Å². The zero-order valence-electron chi connectivity index (χ0n) is 11.6. The van der Waals surface area contributed by atoms with Crippen LogP contribution in [0.4, 0.5) is 5.69 Å². The van der Waals surface area contributed by atoms with Crippen LogP contribution in [0.1, 0.15) is 0 Å². The summed E-state index contributed by atoms with van der Waals surface area (Å²) in [4.78, 5) is 21.8. The normalized spacial score (nSPS) is 15.7. The summed E-state index contributed by atoms with van der Waals surface area (Å²) in [5.74, 6) is 0. The van der Waals surface area contributed by atoms with E-state index in [1.54, 1.807) is 6.20 Å². The molecule has 1 saturated heterocycles. The number of benzene rings is 1. The molecule has 3 heterocycles. The molecule has 3 aromatic rings. The predicted octanol–water partition coefficient (Wildman–Crippen LogP) is 1.49. The van der Waals surface area contributed by atoms with Crippen LogP contribution in [-0.2, 0) is 0 Å². The van der Waals surface area contributed by atoms with Gasteiger partial charge in [-0.3, -0.25) is 4.79 Å². The molecule has 0 unspecified atom stereocenters. The van der Waals surface area contributed by atoms with Crippen LogP contribution in [0.2, 0.25) is 0 Å². The summed E-state index contributed by atoms with van der Waals surface area (Å²) in [6.45, 7) is 3.88. The molecule has 5 nitrogen and oxygen atoms in total. The van der Waals surface area contributed by atoms with Crippen LogP contribution in [0.25, 0.3) is 21.8 Å². The molecule has 0 aliphatic carbocycles. The summed E-state index contributed by atoms with van der Waals surface area (Å²) in [6.07, 6.45) is 1.77. The summed E-state index contributed by atoms with van der Waals surface area (Å²) >= 11 is 0. The van der Waals surface area contributed by atoms with Crippen LogP contribution in [0.5, 0.6) is 0 Å². The molecule has 0 saturated carbocycles. The molecule has 0 radical (unpaired) electrons. The van der Waals surface area contributed by atoms with Crippen molar-refractivity contribution in [3.63, 3.8) is 0 Å². The quantitative estimate of drug-likeness (QED) is 0.663. The number of nitrogens with one attached hydrogen (secondary N) is 2. The monoisotopic (exact) mass is 280 g/mol. The maximum atomic E-state index is 12.2. The number of aromatic amines is 1. The molecule has 0 atom stereocenters. The molecule has 2 N–H and O–H groups in total. The summed E-state index contributed by atoms with van der Waals surface area (Å²) in [7, 11) is 0. The van der Waals surface area contributed by atoms with E-state index in [0.29, 0.717) is 5.65 Å². The number of rotatable bonds is 1. The molecule has 2 aromatic heterocycles. The van der Waals surface area contributed by atoms with Gasteiger partial charge in [-0.05, 0) is 12.1 Å². The first-order chi connectivity index (χ1) is 10.3. The molecule has 21 heavy (non-hydrogen) atoms. The molecule has 1 aliphatic heterocycles. The molecule has 0 spiro atoms. The Labute approximate surface area is 121 Å². The molecular formula is C16H16N4O. The average molecular weight is 280 g/mol. The highest BCUT2D eigenvalue weighted by atomic mass is 16.1. The number of hydrogen-bond acceptors (Lipinski definition) is 4. The number of pyridine rings is 2. The Balaban J connectivity index is 2.07. The fourth-order valence-electron chi connectivity index (χ4n) is 3.06. The third kappa shape index (κ3) is 1.97. The lowest BCUT2D eigenvalue weighted by molar-refractivity contribution is 0.590. The highest BCUT2D eigenvalue weighted by molar-refractivity contribution is 6.10. The Hall–Kier alpha value is -2.40. The lowest BCUT2D eigenvalue weighted by Crippen LogP contribution is -2.43. The Morgan fingerprint density at radius 3 is 2.62 bits per heavy atom. The van der Waals surface area contributed by atoms with Crippen LogP contribution in [0, 0.1) is 0 Å². The van der Waals surface area contributed by atoms with Gasteiger partial charge in [0.15, 0.2) is 0 Å². The second kappa shape index (κ2) is 4.86. The molecule has 0 bridgehead atoms. The number of nitrogens with zero attached hydrogens (tertiary/aromatic N) is 2. The van der Waals surface area contributed by atoms with Gasteiger partial charge in [0.05, 0.1) is 0 Å². The number of hydrogen-bond donors (Lipinski definition) is 2. The van der Waals surface area contributed by atoms with Crippen molar-refractivity contribution in [2.45, 2.75) is 0 Å². The maximum Gasteiger partial charge on any atom is 0.257 e. The van der Waals surface area contributed by atoms with Crippen LogP contribution in [0.3, 0.4) is 0 Å². The molecule has 1 aliphatic rings. The number of H-pyrrole nitrogens is 1. The third-order valence-electron chi connectivity index (χ3n) is 4.06. The molecule has 1 aromatic carbocycles. The smallest absolute Gasteiger partial charge is 0.257 e. The Morgan fingerprint density at radius 1 is 1.05 bits per heavy atom. The van der Waals surface area contributed by atoms with Crippen molar-refractivity contribution in [1.29, 1.82) is 0 Å². The van der Waals surface area contributed by atoms with Crippen LogP contribution >= 0.6 is 0 Å². The average Bonchev–Trinajstić information content (AvgIpc) is 2.55. The highest BCUT2D eigenvalue weighted by Gasteiger charge is 2.16. The van der Waals surface area contributed by atoms with Crippen molar-refractivity contribution in [3.05, 3.63) is 46.9 Å². The van der Waals surface area contributed by atoms with Crippen LogP contribution in [-0.4, -0.2) is 36.1 Å². The van der Waals surface area contributed by atoms with Gasteiger partial charge in [-0.25, -0.2) is 4.98 Å². The summed E-state index contributed by atoms with van der Waals surface area (Å²) in [5, 5.41) is 6.09. The fraction of sp³-hybridized carbons (Fsp3) is 0.250. The zero-order valence-corrected chi connectivity index (χ0v) is 11.6. The van der Waals surface area contributed by atoms with Gasteiger partial charge in [-0.1, -0.05) is 18.2 Å². The minimum absolute atomic E-state index is 0.0805. The highest BCUT2D eigenvalue weighted by Crippen LogP contribution is 2.29. The minimum Gasteiger partial charge on any atom is -0.368 e. The number of anilines is 1. The van der Waals surface area contributed by atoms with Gasteiger partial charge in [-0.2, -0.15) is 0 Å². The van der Waals surface area contributed by atoms with Gasteiger partial charge in [0.25, 0.3) is 5.56 Å². The Morgan fingerprint density at radius 2 is 1.81 bits per heavy atom. The second-order valence-electron chi connectivity index (χ2n) is 5.29. The summed E-state index contributed by atoms with van der Waals surface area (Å²) < 4.78 is 0. The molecule has 106 valence electrons. The van der Waals surface area contributed by atoms with Gasteiger partial charge < -0.3 is 15.2 Å². The van der Waals surface area contributed by atoms with Crippen molar-refractivity contribution in [3.8, 4) is 0 Å². The molecule has 0 amide bonds. The molecule has 5 heteroatoms. The third-order valence-corrected chi connectivity index (χ3v) is 4.06. The minimum atomic E-state index is -0.0805. The van der Waals surface area contributed by atoms with Crippen molar-refractivity contribution in [1.82, 2.24) is 15.3 Å². The second-order valence-corrected chi connectivity index (χ2v) is 5.29. The predicted molar refractivity (Wildman–Crippen MR) is 85.0 cm³/mol. The molecular weight excluding hydrogens is 264 g/mol. The maximum absolute atomic E-state index is 12.2. The largest absolute Gasteiger partial charge is 0.368 e. The molecule has 4 rings (SSSR count). The first-order valence-electron chi connectivity index (χ1n) is 7.20. The van der Waals surface area contributed by atoms with Gasteiger partial charge in [-0.15, -0.1) is 0 Å². The SMILES string of the molecule is O=c1[nH]c2nccc(N3CCNCC3)c2c2ccccc12. The lowest BCUT2D eigenvalue weighted by atomic mass is 10.1. The van der Waals surface area contributed by atoms with E-state index in [1.165, 1.54) is 0 Å². The fourth-order valence-corrected chi connectivity index (χ4v) is 3.06. The van der Waals surface area contributed by atoms with E-state index in [0.717, 1.165) is 48.0 Å². The van der Waals surface area contributed by atoms with E-state index in [4.69, 9.17) is 0 Å². The first-order valence-corrected chi connectivity index (χ1v) is 7.20. The van der Waals surface area contributed by atoms with Gasteiger partial charge in [0, 0.05) is 54.2 Å².